The second-order valence-corrected chi connectivity index (χ2v) is 7.28. The highest BCUT2D eigenvalue weighted by Gasteiger charge is 2.28. The summed E-state index contributed by atoms with van der Waals surface area (Å²) >= 11 is 5.90. The fraction of sp³-hybridized carbons (Fsp3) is 0.400. The maximum Gasteiger partial charge on any atom is 0.229 e. The van der Waals surface area contributed by atoms with Crippen molar-refractivity contribution in [1.82, 2.24) is 4.98 Å². The van der Waals surface area contributed by atoms with Gasteiger partial charge in [0.1, 0.15) is 5.82 Å². The molecule has 3 rings (SSSR count). The lowest BCUT2D eigenvalue weighted by Gasteiger charge is -2.34. The number of rotatable bonds is 3. The lowest BCUT2D eigenvalue weighted by atomic mass is 9.95. The van der Waals surface area contributed by atoms with Crippen molar-refractivity contribution in [3.63, 3.8) is 0 Å². The van der Waals surface area contributed by atoms with Gasteiger partial charge < -0.3 is 9.80 Å². The van der Waals surface area contributed by atoms with Crippen LogP contribution >= 0.6 is 11.6 Å². The van der Waals surface area contributed by atoms with Crippen LogP contribution in [0.2, 0.25) is 5.02 Å². The van der Waals surface area contributed by atoms with E-state index in [1.165, 1.54) is 11.1 Å². The Balaban J connectivity index is 1.63. The van der Waals surface area contributed by atoms with Gasteiger partial charge in [-0.15, -0.1) is 0 Å². The quantitative estimate of drug-likeness (QED) is 0.824. The number of nitrogens with zero attached hydrogens (tertiary/aromatic N) is 3. The highest BCUT2D eigenvalue weighted by Crippen LogP contribution is 2.26. The van der Waals surface area contributed by atoms with Crippen LogP contribution in [0.4, 0.5) is 11.5 Å². The predicted octanol–water partition coefficient (Wildman–Crippen LogP) is 4.23. The highest BCUT2D eigenvalue weighted by molar-refractivity contribution is 6.30. The fourth-order valence-corrected chi connectivity index (χ4v) is 3.57. The molecule has 2 heterocycles. The predicted molar refractivity (Wildman–Crippen MR) is 104 cm³/mol. The van der Waals surface area contributed by atoms with Crippen LogP contribution < -0.4 is 9.80 Å². The Hall–Kier alpha value is -2.07. The molecule has 0 atom stereocenters. The average Bonchev–Trinajstić information content (AvgIpc) is 2.60. The van der Waals surface area contributed by atoms with E-state index < -0.39 is 0 Å². The van der Waals surface area contributed by atoms with Crippen molar-refractivity contribution >= 4 is 29.0 Å². The summed E-state index contributed by atoms with van der Waals surface area (Å²) in [7, 11) is 1.88. The standard InChI is InChI=1S/C20H24ClN3O/c1-14-10-15(2)12-18(11-14)23(3)20(25)16-6-8-24(9-7-16)19-5-4-17(21)13-22-19/h4-5,10-13,16H,6-9H2,1-3H3. The Kier molecular flexibility index (Phi) is 5.28. The molecule has 1 aliphatic heterocycles. The number of piperidine rings is 1. The number of aryl methyl sites for hydroxylation is 2. The maximum atomic E-state index is 12.9. The molecule has 4 nitrogen and oxygen atoms in total. The first-order valence-corrected chi connectivity index (χ1v) is 9.04. The van der Waals surface area contributed by atoms with Crippen LogP contribution in [0.1, 0.15) is 24.0 Å². The zero-order chi connectivity index (χ0) is 18.0. The van der Waals surface area contributed by atoms with Crippen molar-refractivity contribution in [2.75, 3.05) is 29.9 Å². The Morgan fingerprint density at radius 2 is 1.80 bits per heavy atom. The summed E-state index contributed by atoms with van der Waals surface area (Å²) in [5, 5.41) is 0.642. The lowest BCUT2D eigenvalue weighted by molar-refractivity contribution is -0.122. The molecule has 1 aromatic heterocycles. The number of anilines is 2. The van der Waals surface area contributed by atoms with Crippen LogP contribution in [0.3, 0.4) is 0 Å². The second kappa shape index (κ2) is 7.44. The van der Waals surface area contributed by atoms with Crippen LogP contribution in [-0.4, -0.2) is 31.0 Å². The van der Waals surface area contributed by atoms with E-state index in [-0.39, 0.29) is 11.8 Å². The Bertz CT molecular complexity index is 732. The minimum Gasteiger partial charge on any atom is -0.357 e. The molecule has 0 spiro atoms. The van der Waals surface area contributed by atoms with Gasteiger partial charge in [0.2, 0.25) is 5.91 Å². The SMILES string of the molecule is Cc1cc(C)cc(N(C)C(=O)C2CCN(c3ccc(Cl)cn3)CC2)c1. The third-order valence-corrected chi connectivity index (χ3v) is 5.03. The molecule has 0 radical (unpaired) electrons. The Labute approximate surface area is 154 Å². The zero-order valence-corrected chi connectivity index (χ0v) is 15.8. The summed E-state index contributed by atoms with van der Waals surface area (Å²) in [5.74, 6) is 1.20. The molecular weight excluding hydrogens is 334 g/mol. The molecular formula is C20H24ClN3O. The Morgan fingerprint density at radius 3 is 2.36 bits per heavy atom. The topological polar surface area (TPSA) is 36.4 Å². The van der Waals surface area contributed by atoms with E-state index in [0.717, 1.165) is 37.4 Å². The van der Waals surface area contributed by atoms with Crippen molar-refractivity contribution in [2.24, 2.45) is 5.92 Å². The normalized spacial score (nSPS) is 15.3. The van der Waals surface area contributed by atoms with E-state index in [0.29, 0.717) is 5.02 Å². The number of hydrogen-bond acceptors (Lipinski definition) is 3. The van der Waals surface area contributed by atoms with Crippen LogP contribution in [0, 0.1) is 19.8 Å². The summed E-state index contributed by atoms with van der Waals surface area (Å²) in [4.78, 5) is 21.3. The van der Waals surface area contributed by atoms with E-state index >= 15 is 0 Å². The number of pyridine rings is 1. The summed E-state index contributed by atoms with van der Waals surface area (Å²) in [6.45, 7) is 5.80. The van der Waals surface area contributed by atoms with Gasteiger partial charge >= 0.3 is 0 Å². The molecule has 0 aliphatic carbocycles. The third kappa shape index (κ3) is 4.13. The number of halogens is 1. The molecule has 25 heavy (non-hydrogen) atoms. The van der Waals surface area contributed by atoms with Crippen LogP contribution in [0.25, 0.3) is 0 Å². The van der Waals surface area contributed by atoms with Crippen LogP contribution in [0.5, 0.6) is 0 Å². The maximum absolute atomic E-state index is 12.9. The van der Waals surface area contributed by atoms with E-state index in [2.05, 4.69) is 41.9 Å². The van der Waals surface area contributed by atoms with Crippen molar-refractivity contribution in [3.8, 4) is 0 Å². The molecule has 2 aromatic rings. The van der Waals surface area contributed by atoms with Crippen molar-refractivity contribution in [2.45, 2.75) is 26.7 Å². The monoisotopic (exact) mass is 357 g/mol. The fourth-order valence-electron chi connectivity index (χ4n) is 3.46. The second-order valence-electron chi connectivity index (χ2n) is 6.84. The molecule has 1 aliphatic rings. The first-order chi connectivity index (χ1) is 11.9. The molecule has 1 fully saturated rings. The molecule has 1 saturated heterocycles. The first-order valence-electron chi connectivity index (χ1n) is 8.66. The smallest absolute Gasteiger partial charge is 0.229 e. The average molecular weight is 358 g/mol. The first kappa shape index (κ1) is 17.7. The number of carbonyl (C=O) groups is 1. The van der Waals surface area contributed by atoms with Crippen LogP contribution in [0.15, 0.2) is 36.5 Å². The summed E-state index contributed by atoms with van der Waals surface area (Å²) < 4.78 is 0. The molecule has 132 valence electrons. The van der Waals surface area contributed by atoms with E-state index in [4.69, 9.17) is 11.6 Å². The van der Waals surface area contributed by atoms with Gasteiger partial charge in [0.15, 0.2) is 0 Å². The lowest BCUT2D eigenvalue weighted by Crippen LogP contribution is -2.41. The van der Waals surface area contributed by atoms with E-state index in [1.54, 1.807) is 11.1 Å². The van der Waals surface area contributed by atoms with Crippen LogP contribution in [-0.2, 0) is 4.79 Å². The van der Waals surface area contributed by atoms with Gasteiger partial charge in [0.25, 0.3) is 0 Å². The Morgan fingerprint density at radius 1 is 1.16 bits per heavy atom. The molecule has 0 unspecified atom stereocenters. The van der Waals surface area contributed by atoms with Gasteiger partial charge in [-0.05, 0) is 62.1 Å². The number of aromatic nitrogens is 1. The molecule has 1 aromatic carbocycles. The summed E-state index contributed by atoms with van der Waals surface area (Å²) in [6, 6.07) is 10.1. The number of benzene rings is 1. The number of carbonyl (C=O) groups excluding carboxylic acids is 1. The highest BCUT2D eigenvalue weighted by atomic mass is 35.5. The molecule has 0 saturated carbocycles. The van der Waals surface area contributed by atoms with Gasteiger partial charge in [-0.1, -0.05) is 17.7 Å². The third-order valence-electron chi connectivity index (χ3n) is 4.80. The minimum absolute atomic E-state index is 0.0642. The van der Waals surface area contributed by atoms with Crippen molar-refractivity contribution < 1.29 is 4.79 Å². The number of hydrogen-bond donors (Lipinski definition) is 0. The van der Waals surface area contributed by atoms with E-state index in [1.807, 2.05) is 19.2 Å². The van der Waals surface area contributed by atoms with Crippen molar-refractivity contribution in [1.29, 1.82) is 0 Å². The van der Waals surface area contributed by atoms with Gasteiger partial charge in [-0.3, -0.25) is 4.79 Å². The molecule has 0 N–H and O–H groups in total. The minimum atomic E-state index is 0.0642. The molecule has 1 amide bonds. The van der Waals surface area contributed by atoms with Gasteiger partial charge in [0.05, 0.1) is 5.02 Å². The van der Waals surface area contributed by atoms with E-state index in [9.17, 15) is 4.79 Å². The molecule has 5 heteroatoms. The zero-order valence-electron chi connectivity index (χ0n) is 15.0. The van der Waals surface area contributed by atoms with Crippen molar-refractivity contribution in [3.05, 3.63) is 52.7 Å². The summed E-state index contributed by atoms with van der Waals surface area (Å²) in [6.07, 6.45) is 3.36. The van der Waals surface area contributed by atoms with Gasteiger partial charge in [-0.2, -0.15) is 0 Å². The largest absolute Gasteiger partial charge is 0.357 e. The van der Waals surface area contributed by atoms with Gasteiger partial charge in [0, 0.05) is 37.9 Å². The van der Waals surface area contributed by atoms with Gasteiger partial charge in [-0.25, -0.2) is 4.98 Å². The number of amides is 1. The molecule has 0 bridgehead atoms. The summed E-state index contributed by atoms with van der Waals surface area (Å²) in [5.41, 5.74) is 3.33.